The number of amides is 4. The maximum Gasteiger partial charge on any atom is 0.242 e. The van der Waals surface area contributed by atoms with E-state index in [-0.39, 0.29) is 45.3 Å². The van der Waals surface area contributed by atoms with Crippen molar-refractivity contribution in [1.29, 1.82) is 0 Å². The van der Waals surface area contributed by atoms with Gasteiger partial charge in [-0.2, -0.15) is 0 Å². The molecule has 0 bridgehead atoms. The van der Waals surface area contributed by atoms with Crippen LogP contribution in [0.15, 0.2) is 0 Å². The van der Waals surface area contributed by atoms with Crippen molar-refractivity contribution in [3.8, 4) is 0 Å². The summed E-state index contributed by atoms with van der Waals surface area (Å²) in [4.78, 5) is 51.7. The van der Waals surface area contributed by atoms with Gasteiger partial charge in [0.1, 0.15) is 0 Å². The van der Waals surface area contributed by atoms with Crippen molar-refractivity contribution >= 4 is 68.7 Å². The standard InChI is InChI=1S/C19H30N2O4S4/c1-12(2)28-13-10-15(22)20(17(13)24)6-8-26-27-9-7-21-16(23)11-14(18(21)25)29-19(3,4)5/h12-14H,6-11H2,1-5H3. The van der Waals surface area contributed by atoms with E-state index in [0.29, 0.717) is 36.3 Å². The molecule has 0 aromatic rings. The first-order valence-corrected chi connectivity index (χ1v) is 14.1. The highest BCUT2D eigenvalue weighted by Gasteiger charge is 2.41. The largest absolute Gasteiger partial charge is 0.281 e. The average Bonchev–Trinajstić information content (AvgIpc) is 2.99. The first kappa shape index (κ1) is 24.9. The summed E-state index contributed by atoms with van der Waals surface area (Å²) in [5.74, 6) is 0.949. The van der Waals surface area contributed by atoms with Crippen molar-refractivity contribution in [1.82, 2.24) is 9.80 Å². The highest BCUT2D eigenvalue weighted by Crippen LogP contribution is 2.35. The third-order valence-corrected chi connectivity index (χ3v) is 9.18. The van der Waals surface area contributed by atoms with Gasteiger partial charge >= 0.3 is 0 Å². The lowest BCUT2D eigenvalue weighted by Gasteiger charge is -2.21. The molecule has 2 rings (SSSR count). The number of likely N-dealkylation sites (tertiary alicyclic amines) is 2. The van der Waals surface area contributed by atoms with Crippen LogP contribution in [0.4, 0.5) is 0 Å². The monoisotopic (exact) mass is 478 g/mol. The number of imide groups is 2. The number of carbonyl (C=O) groups is 4. The number of hydrogen-bond donors (Lipinski definition) is 0. The number of thioether (sulfide) groups is 2. The van der Waals surface area contributed by atoms with Crippen molar-refractivity contribution in [3.63, 3.8) is 0 Å². The van der Waals surface area contributed by atoms with Crippen molar-refractivity contribution < 1.29 is 19.2 Å². The van der Waals surface area contributed by atoms with Crippen molar-refractivity contribution in [2.75, 3.05) is 24.6 Å². The van der Waals surface area contributed by atoms with Crippen LogP contribution in [0, 0.1) is 0 Å². The topological polar surface area (TPSA) is 74.8 Å². The summed E-state index contributed by atoms with van der Waals surface area (Å²) in [5.41, 5.74) is 0. The summed E-state index contributed by atoms with van der Waals surface area (Å²) < 4.78 is -0.0572. The number of nitrogens with zero attached hydrogens (tertiary/aromatic N) is 2. The second-order valence-corrected chi connectivity index (χ2v) is 14.7. The maximum atomic E-state index is 12.5. The van der Waals surface area contributed by atoms with Gasteiger partial charge in [0.25, 0.3) is 0 Å². The molecule has 0 radical (unpaired) electrons. The maximum absolute atomic E-state index is 12.5. The Kier molecular flexibility index (Phi) is 9.30. The molecule has 2 fully saturated rings. The van der Waals surface area contributed by atoms with Gasteiger partial charge in [0, 0.05) is 42.2 Å². The van der Waals surface area contributed by atoms with Crippen LogP contribution < -0.4 is 0 Å². The minimum absolute atomic E-state index is 0.0572. The molecular weight excluding hydrogens is 448 g/mol. The van der Waals surface area contributed by atoms with E-state index in [1.165, 1.54) is 9.80 Å². The minimum Gasteiger partial charge on any atom is -0.281 e. The summed E-state index contributed by atoms with van der Waals surface area (Å²) in [5, 5.41) is -0.200. The first-order valence-electron chi connectivity index (χ1n) is 9.75. The van der Waals surface area contributed by atoms with Crippen LogP contribution in [0.5, 0.6) is 0 Å². The Bertz CT molecular complexity index is 651. The predicted octanol–water partition coefficient (Wildman–Crippen LogP) is 3.30. The van der Waals surface area contributed by atoms with E-state index in [9.17, 15) is 19.2 Å². The third kappa shape index (κ3) is 7.40. The molecule has 2 heterocycles. The molecule has 6 nitrogen and oxygen atoms in total. The minimum atomic E-state index is -0.274. The molecule has 0 saturated carbocycles. The smallest absolute Gasteiger partial charge is 0.242 e. The molecule has 0 aromatic heterocycles. The van der Waals surface area contributed by atoms with E-state index >= 15 is 0 Å². The Hall–Kier alpha value is -0.320. The summed E-state index contributed by atoms with van der Waals surface area (Å²) >= 11 is 3.10. The van der Waals surface area contributed by atoms with Gasteiger partial charge < -0.3 is 0 Å². The van der Waals surface area contributed by atoms with Gasteiger partial charge in [-0.1, -0.05) is 56.2 Å². The van der Waals surface area contributed by atoms with Crippen molar-refractivity contribution in [3.05, 3.63) is 0 Å². The summed E-state index contributed by atoms with van der Waals surface area (Å²) in [6, 6.07) is 0. The van der Waals surface area contributed by atoms with Gasteiger partial charge in [0.15, 0.2) is 0 Å². The average molecular weight is 479 g/mol. The highest BCUT2D eigenvalue weighted by molar-refractivity contribution is 8.76. The Balaban J connectivity index is 1.66. The van der Waals surface area contributed by atoms with E-state index in [2.05, 4.69) is 0 Å². The van der Waals surface area contributed by atoms with Crippen LogP contribution >= 0.6 is 45.1 Å². The number of hydrogen-bond acceptors (Lipinski definition) is 8. The van der Waals surface area contributed by atoms with Crippen LogP contribution in [0.2, 0.25) is 0 Å². The zero-order chi connectivity index (χ0) is 21.8. The van der Waals surface area contributed by atoms with Crippen molar-refractivity contribution in [2.45, 2.75) is 68.0 Å². The van der Waals surface area contributed by atoms with E-state index in [1.54, 1.807) is 45.1 Å². The first-order chi connectivity index (χ1) is 13.5. The van der Waals surface area contributed by atoms with E-state index < -0.39 is 0 Å². The second-order valence-electron chi connectivity index (χ2n) is 8.21. The molecule has 10 heteroatoms. The highest BCUT2D eigenvalue weighted by atomic mass is 33.1. The molecule has 2 aliphatic rings. The molecule has 0 spiro atoms. The lowest BCUT2D eigenvalue weighted by atomic mass is 10.3. The zero-order valence-electron chi connectivity index (χ0n) is 17.6. The molecule has 29 heavy (non-hydrogen) atoms. The molecule has 0 N–H and O–H groups in total. The second kappa shape index (κ2) is 10.8. The number of rotatable bonds is 10. The Morgan fingerprint density at radius 3 is 1.76 bits per heavy atom. The van der Waals surface area contributed by atoms with Gasteiger partial charge in [-0.3, -0.25) is 29.0 Å². The molecule has 2 unspecified atom stereocenters. The van der Waals surface area contributed by atoms with E-state index in [0.717, 1.165) is 0 Å². The quantitative estimate of drug-likeness (QED) is 0.269. The van der Waals surface area contributed by atoms with Crippen LogP contribution in [-0.4, -0.2) is 78.5 Å². The van der Waals surface area contributed by atoms with Gasteiger partial charge in [0.05, 0.1) is 10.5 Å². The molecule has 2 saturated heterocycles. The van der Waals surface area contributed by atoms with Gasteiger partial charge in [-0.25, -0.2) is 0 Å². The van der Waals surface area contributed by atoms with E-state index in [1.807, 2.05) is 34.6 Å². The predicted molar refractivity (Wildman–Crippen MR) is 125 cm³/mol. The summed E-state index contributed by atoms with van der Waals surface area (Å²) in [7, 11) is 3.13. The Labute approximate surface area is 189 Å². The van der Waals surface area contributed by atoms with E-state index in [4.69, 9.17) is 0 Å². The van der Waals surface area contributed by atoms with Crippen LogP contribution in [0.25, 0.3) is 0 Å². The molecular formula is C19H30N2O4S4. The zero-order valence-corrected chi connectivity index (χ0v) is 20.9. The SMILES string of the molecule is CC(C)SC1CC(=O)N(CCSSCCN2C(=O)CC(SC(C)(C)C)C2=O)C1=O. The van der Waals surface area contributed by atoms with Gasteiger partial charge in [-0.05, 0) is 5.25 Å². The lowest BCUT2D eigenvalue weighted by Crippen LogP contribution is -2.34. The summed E-state index contributed by atoms with van der Waals surface area (Å²) in [6.45, 7) is 11.0. The Morgan fingerprint density at radius 1 is 0.862 bits per heavy atom. The fourth-order valence-corrected chi connectivity index (χ4v) is 7.46. The molecule has 2 aliphatic heterocycles. The summed E-state index contributed by atoms with van der Waals surface area (Å²) in [6.07, 6.45) is 0.583. The van der Waals surface area contributed by atoms with Crippen LogP contribution in [-0.2, 0) is 19.2 Å². The molecule has 164 valence electrons. The fourth-order valence-electron chi connectivity index (χ4n) is 3.10. The van der Waals surface area contributed by atoms with Crippen LogP contribution in [0.1, 0.15) is 47.5 Å². The number of carbonyl (C=O) groups excluding carboxylic acids is 4. The molecule has 4 amide bonds. The van der Waals surface area contributed by atoms with Crippen molar-refractivity contribution in [2.24, 2.45) is 0 Å². The van der Waals surface area contributed by atoms with Gasteiger partial charge in [0.2, 0.25) is 23.6 Å². The molecule has 2 atom stereocenters. The third-order valence-electron chi connectivity index (χ3n) is 4.22. The Morgan fingerprint density at radius 2 is 1.31 bits per heavy atom. The van der Waals surface area contributed by atoms with Gasteiger partial charge in [-0.15, -0.1) is 23.5 Å². The normalized spacial score (nSPS) is 23.2. The fraction of sp³-hybridized carbons (Fsp3) is 0.789. The molecule has 0 aromatic carbocycles. The lowest BCUT2D eigenvalue weighted by molar-refractivity contribution is -0.139. The van der Waals surface area contributed by atoms with Crippen LogP contribution in [0.3, 0.4) is 0 Å². The molecule has 0 aliphatic carbocycles.